The lowest BCUT2D eigenvalue weighted by Crippen LogP contribution is -2.42. The largest absolute Gasteiger partial charge is 0.494 e. The third-order valence-corrected chi connectivity index (χ3v) is 5.01. The lowest BCUT2D eigenvalue weighted by atomic mass is 10.1. The summed E-state index contributed by atoms with van der Waals surface area (Å²) >= 11 is 0. The van der Waals surface area contributed by atoms with Gasteiger partial charge in [-0.3, -0.25) is 9.69 Å². The molecule has 0 bridgehead atoms. The summed E-state index contributed by atoms with van der Waals surface area (Å²) in [7, 11) is 0. The molecule has 1 saturated heterocycles. The van der Waals surface area contributed by atoms with Crippen molar-refractivity contribution >= 4 is 17.6 Å². The highest BCUT2D eigenvalue weighted by atomic mass is 16.5. The molecule has 3 amide bonds. The molecule has 0 aromatic heterocycles. The van der Waals surface area contributed by atoms with Gasteiger partial charge in [0.15, 0.2) is 0 Å². The van der Waals surface area contributed by atoms with Crippen molar-refractivity contribution < 1.29 is 14.3 Å². The van der Waals surface area contributed by atoms with Gasteiger partial charge in [0.25, 0.3) is 0 Å². The molecule has 0 spiro atoms. The lowest BCUT2D eigenvalue weighted by molar-refractivity contribution is -0.122. The predicted octanol–water partition coefficient (Wildman–Crippen LogP) is 3.46. The van der Waals surface area contributed by atoms with Crippen LogP contribution in [0.4, 0.5) is 10.5 Å². The van der Waals surface area contributed by atoms with Crippen LogP contribution in [0, 0.1) is 0 Å². The van der Waals surface area contributed by atoms with Crippen LogP contribution < -0.4 is 15.0 Å². The summed E-state index contributed by atoms with van der Waals surface area (Å²) in [6, 6.07) is 17.6. The number of nitrogens with zero attached hydrogens (tertiary/aromatic N) is 2. The zero-order chi connectivity index (χ0) is 20.6. The third-order valence-electron chi connectivity index (χ3n) is 5.01. The third kappa shape index (κ3) is 5.73. The number of carbonyl (C=O) groups excluding carboxylic acids is 2. The molecule has 1 heterocycles. The maximum Gasteiger partial charge on any atom is 0.325 e. The second kappa shape index (κ2) is 9.96. The molecule has 2 aromatic carbocycles. The Hall–Kier alpha value is -3.02. The van der Waals surface area contributed by atoms with Crippen molar-refractivity contribution in [2.24, 2.45) is 0 Å². The minimum Gasteiger partial charge on any atom is -0.494 e. The smallest absolute Gasteiger partial charge is 0.325 e. The van der Waals surface area contributed by atoms with Crippen LogP contribution in [0.5, 0.6) is 5.75 Å². The van der Waals surface area contributed by atoms with E-state index in [-0.39, 0.29) is 24.5 Å². The minimum absolute atomic E-state index is 0.0580. The number of anilines is 1. The molecule has 1 fully saturated rings. The number of nitrogens with one attached hydrogen (secondary N) is 1. The lowest BCUT2D eigenvalue weighted by Gasteiger charge is -2.20. The first-order chi connectivity index (χ1) is 14.1. The van der Waals surface area contributed by atoms with Crippen LogP contribution in [0.15, 0.2) is 54.6 Å². The molecule has 6 heteroatoms. The molecule has 6 nitrogen and oxygen atoms in total. The number of hydrogen-bond donors (Lipinski definition) is 1. The van der Waals surface area contributed by atoms with E-state index in [1.807, 2.05) is 56.3 Å². The van der Waals surface area contributed by atoms with Gasteiger partial charge in [-0.2, -0.15) is 0 Å². The van der Waals surface area contributed by atoms with E-state index in [4.69, 9.17) is 4.74 Å². The van der Waals surface area contributed by atoms with Crippen molar-refractivity contribution in [3.63, 3.8) is 0 Å². The molecule has 0 radical (unpaired) electrons. The van der Waals surface area contributed by atoms with Gasteiger partial charge in [0.05, 0.1) is 6.61 Å². The monoisotopic (exact) mass is 395 g/mol. The number of carbonyl (C=O) groups is 2. The molecular weight excluding hydrogens is 366 g/mol. The van der Waals surface area contributed by atoms with Gasteiger partial charge in [-0.25, -0.2) is 4.79 Å². The highest BCUT2D eigenvalue weighted by Crippen LogP contribution is 2.23. The van der Waals surface area contributed by atoms with Gasteiger partial charge in [0, 0.05) is 24.8 Å². The van der Waals surface area contributed by atoms with Crippen molar-refractivity contribution in [1.82, 2.24) is 10.2 Å². The summed E-state index contributed by atoms with van der Waals surface area (Å²) in [5.41, 5.74) is 2.08. The summed E-state index contributed by atoms with van der Waals surface area (Å²) in [5.74, 6) is 0.663. The number of hydrogen-bond acceptors (Lipinski definition) is 3. The fourth-order valence-corrected chi connectivity index (χ4v) is 3.45. The molecule has 29 heavy (non-hydrogen) atoms. The average Bonchev–Trinajstić information content (AvgIpc) is 3.08. The van der Waals surface area contributed by atoms with Crippen LogP contribution >= 0.6 is 0 Å². The average molecular weight is 396 g/mol. The van der Waals surface area contributed by atoms with Gasteiger partial charge < -0.3 is 15.0 Å². The molecule has 0 aliphatic carbocycles. The summed E-state index contributed by atoms with van der Waals surface area (Å²) in [5, 5.41) is 3.01. The molecule has 1 N–H and O–H groups in total. The highest BCUT2D eigenvalue weighted by Gasteiger charge is 2.31. The van der Waals surface area contributed by atoms with Gasteiger partial charge in [0.1, 0.15) is 12.3 Å². The normalized spacial score (nSPS) is 14.8. The van der Waals surface area contributed by atoms with Gasteiger partial charge in [-0.05, 0) is 56.5 Å². The van der Waals surface area contributed by atoms with Gasteiger partial charge >= 0.3 is 6.03 Å². The van der Waals surface area contributed by atoms with E-state index < -0.39 is 0 Å². The van der Waals surface area contributed by atoms with Gasteiger partial charge in [-0.1, -0.05) is 30.3 Å². The first-order valence-corrected chi connectivity index (χ1v) is 10.2. The van der Waals surface area contributed by atoms with Crippen molar-refractivity contribution in [3.05, 3.63) is 60.2 Å². The summed E-state index contributed by atoms with van der Waals surface area (Å²) < 4.78 is 5.44. The molecule has 1 aliphatic heterocycles. The number of rotatable bonds is 9. The van der Waals surface area contributed by atoms with E-state index in [9.17, 15) is 9.59 Å². The van der Waals surface area contributed by atoms with E-state index in [1.165, 1.54) is 5.56 Å². The van der Waals surface area contributed by atoms with Crippen molar-refractivity contribution in [3.8, 4) is 5.75 Å². The first kappa shape index (κ1) is 20.7. The Balaban J connectivity index is 1.46. The van der Waals surface area contributed by atoms with Crippen molar-refractivity contribution in [2.45, 2.75) is 32.7 Å². The maximum absolute atomic E-state index is 12.7. The van der Waals surface area contributed by atoms with Crippen LogP contribution in [-0.2, 0) is 11.2 Å². The number of urea groups is 1. The Morgan fingerprint density at radius 1 is 1.10 bits per heavy atom. The van der Waals surface area contributed by atoms with E-state index in [0.29, 0.717) is 19.7 Å². The van der Waals surface area contributed by atoms with Gasteiger partial charge in [0.2, 0.25) is 5.91 Å². The fraction of sp³-hybridized carbons (Fsp3) is 0.391. The highest BCUT2D eigenvalue weighted by molar-refractivity contribution is 5.96. The molecule has 154 valence electrons. The Morgan fingerprint density at radius 3 is 2.52 bits per heavy atom. The first-order valence-electron chi connectivity index (χ1n) is 10.2. The molecule has 2 aromatic rings. The zero-order valence-electron chi connectivity index (χ0n) is 17.1. The van der Waals surface area contributed by atoms with E-state index in [2.05, 4.69) is 17.4 Å². The summed E-state index contributed by atoms with van der Waals surface area (Å²) in [4.78, 5) is 28.4. The number of benzene rings is 2. The quantitative estimate of drug-likeness (QED) is 0.707. The molecule has 1 aliphatic rings. The molecule has 1 unspecified atom stereocenters. The SMILES string of the molecule is CCOc1ccc(N2CCN(CC(=O)NC(C)CCc3ccccc3)C2=O)cc1. The Bertz CT molecular complexity index is 808. The second-order valence-corrected chi connectivity index (χ2v) is 7.28. The zero-order valence-corrected chi connectivity index (χ0v) is 17.1. The molecule has 0 saturated carbocycles. The topological polar surface area (TPSA) is 61.9 Å². The fourth-order valence-electron chi connectivity index (χ4n) is 3.45. The van der Waals surface area contributed by atoms with Crippen LogP contribution in [0.3, 0.4) is 0 Å². The van der Waals surface area contributed by atoms with Gasteiger partial charge in [-0.15, -0.1) is 0 Å². The van der Waals surface area contributed by atoms with Crippen LogP contribution in [0.25, 0.3) is 0 Å². The van der Waals surface area contributed by atoms with Crippen molar-refractivity contribution in [1.29, 1.82) is 0 Å². The molecule has 3 rings (SSSR count). The standard InChI is InChI=1S/C23H29N3O3/c1-3-29-21-13-11-20(12-14-21)26-16-15-25(23(26)28)17-22(27)24-18(2)9-10-19-7-5-4-6-8-19/h4-8,11-14,18H,3,9-10,15-17H2,1-2H3,(H,24,27). The minimum atomic E-state index is -0.138. The van der Waals surface area contributed by atoms with Crippen LogP contribution in [0.2, 0.25) is 0 Å². The molecule has 1 atom stereocenters. The van der Waals surface area contributed by atoms with E-state index in [0.717, 1.165) is 24.3 Å². The summed E-state index contributed by atoms with van der Waals surface area (Å²) in [6.07, 6.45) is 1.78. The van der Waals surface area contributed by atoms with E-state index >= 15 is 0 Å². The van der Waals surface area contributed by atoms with Crippen molar-refractivity contribution in [2.75, 3.05) is 31.1 Å². The summed E-state index contributed by atoms with van der Waals surface area (Å²) in [6.45, 7) is 5.74. The second-order valence-electron chi connectivity index (χ2n) is 7.28. The number of ether oxygens (including phenoxy) is 1. The Labute approximate surface area is 172 Å². The number of aryl methyl sites for hydroxylation is 1. The molecular formula is C23H29N3O3. The predicted molar refractivity (Wildman–Crippen MR) is 114 cm³/mol. The van der Waals surface area contributed by atoms with Crippen LogP contribution in [0.1, 0.15) is 25.8 Å². The Morgan fingerprint density at radius 2 is 1.83 bits per heavy atom. The van der Waals surface area contributed by atoms with E-state index in [1.54, 1.807) is 9.80 Å². The Kier molecular flexibility index (Phi) is 7.11. The number of amides is 3. The van der Waals surface area contributed by atoms with Crippen LogP contribution in [-0.4, -0.2) is 49.1 Å². The maximum atomic E-state index is 12.7.